The van der Waals surface area contributed by atoms with Crippen molar-refractivity contribution in [3.8, 4) is 16.8 Å². The third-order valence-electron chi connectivity index (χ3n) is 11.0. The van der Waals surface area contributed by atoms with Gasteiger partial charge in [-0.25, -0.2) is 0 Å². The van der Waals surface area contributed by atoms with Crippen LogP contribution in [0.25, 0.3) is 89.7 Å². The smallest absolute Gasteiger partial charge is 0.113 e. The Morgan fingerprint density at radius 3 is 1.27 bits per heavy atom. The molecule has 6 heteroatoms. The number of hydrogen-bond donors (Lipinski definition) is 0. The lowest BCUT2D eigenvalue weighted by atomic mass is 10.0. The molecule has 12 rings (SSSR count). The van der Waals surface area contributed by atoms with Gasteiger partial charge >= 0.3 is 0 Å². The van der Waals surface area contributed by atoms with Crippen LogP contribution in [0.3, 0.4) is 0 Å². The lowest BCUT2D eigenvalue weighted by Gasteiger charge is -2.26. The molecule has 0 atom stereocenters. The molecule has 0 fully saturated rings. The Bertz CT molecular complexity index is 3300. The molecule has 0 aliphatic carbocycles. The normalized spacial score (nSPS) is 11.9. The van der Waals surface area contributed by atoms with Crippen LogP contribution in [0.2, 0.25) is 0 Å². The van der Waals surface area contributed by atoms with Gasteiger partial charge in [0, 0.05) is 57.4 Å². The highest BCUT2D eigenvalue weighted by Crippen LogP contribution is 2.44. The van der Waals surface area contributed by atoms with Gasteiger partial charge in [0.15, 0.2) is 0 Å². The largest absolute Gasteiger partial charge is 0.310 e. The lowest BCUT2D eigenvalue weighted by Crippen LogP contribution is -2.09. The molecular formula is C50H30N4S2. The number of nitrogens with zero attached hydrogens (tertiary/aromatic N) is 4. The Morgan fingerprint density at radius 2 is 0.768 bits per heavy atom. The van der Waals surface area contributed by atoms with E-state index in [2.05, 4.69) is 173 Å². The minimum atomic E-state index is 0.886. The zero-order valence-corrected chi connectivity index (χ0v) is 31.6. The molecule has 4 nitrogen and oxygen atoms in total. The first-order chi connectivity index (χ1) is 27.7. The molecule has 3 aromatic heterocycles. The van der Waals surface area contributed by atoms with Crippen LogP contribution in [0.5, 0.6) is 0 Å². The summed E-state index contributed by atoms with van der Waals surface area (Å²) >= 11 is 3.74. The second-order valence-corrected chi connectivity index (χ2v) is 16.5. The molecule has 0 saturated heterocycles. The van der Waals surface area contributed by atoms with E-state index in [0.29, 0.717) is 0 Å². The van der Waals surface area contributed by atoms with Crippen LogP contribution >= 0.6 is 22.7 Å². The second kappa shape index (κ2) is 12.3. The molecule has 3 heterocycles. The fraction of sp³-hybridized carbons (Fsp3) is 0. The van der Waals surface area contributed by atoms with Gasteiger partial charge in [-0.1, -0.05) is 97.1 Å². The van der Waals surface area contributed by atoms with Gasteiger partial charge in [-0.3, -0.25) is 0 Å². The van der Waals surface area contributed by atoms with E-state index >= 15 is 0 Å². The SMILES string of the molecule is c1ccc2cc3c(cc2c1)sc1cc(N(c2ccc(-c4ccc(-n5nc6ccccc6n5)cc4)cc2)c2ccc4c(c2)sc2cc5ccccc5cc24)ccc13. The van der Waals surface area contributed by atoms with E-state index in [4.69, 9.17) is 0 Å². The van der Waals surface area contributed by atoms with Gasteiger partial charge in [0.1, 0.15) is 11.0 Å². The molecule has 0 aliphatic heterocycles. The van der Waals surface area contributed by atoms with Gasteiger partial charge in [-0.2, -0.15) is 4.80 Å². The summed E-state index contributed by atoms with van der Waals surface area (Å²) in [5, 5.41) is 19.6. The molecule has 0 amide bonds. The van der Waals surface area contributed by atoms with Crippen LogP contribution in [-0.4, -0.2) is 15.0 Å². The molecule has 12 aromatic rings. The topological polar surface area (TPSA) is 34.0 Å². The molecule has 0 aliphatic rings. The van der Waals surface area contributed by atoms with Crippen molar-refractivity contribution in [1.29, 1.82) is 0 Å². The first kappa shape index (κ1) is 31.5. The molecule has 0 saturated carbocycles. The maximum Gasteiger partial charge on any atom is 0.113 e. The summed E-state index contributed by atoms with van der Waals surface area (Å²) in [6.07, 6.45) is 0. The first-order valence-electron chi connectivity index (χ1n) is 18.7. The van der Waals surface area contributed by atoms with Crippen LogP contribution in [0.4, 0.5) is 17.1 Å². The molecule has 0 spiro atoms. The van der Waals surface area contributed by atoms with Gasteiger partial charge in [-0.05, 0) is 118 Å². The standard InChI is InChI=1S/C50H30N4S2/c1-3-9-35-27-47-43(25-33(35)7-1)41-23-21-39(29-49(41)55-47)53(40-22-24-42-44-26-34-8-2-4-10-36(34)28-48(44)56-50(42)30-40)37-17-13-31(14-18-37)32-15-19-38(20-16-32)54-51-45-11-5-6-12-46(45)52-54/h1-30H. The summed E-state index contributed by atoms with van der Waals surface area (Å²) in [6, 6.07) is 65.9. The monoisotopic (exact) mass is 750 g/mol. The van der Waals surface area contributed by atoms with Crippen LogP contribution < -0.4 is 4.90 Å². The van der Waals surface area contributed by atoms with Gasteiger partial charge in [-0.15, -0.1) is 32.9 Å². The van der Waals surface area contributed by atoms with Crippen molar-refractivity contribution in [2.45, 2.75) is 0 Å². The number of rotatable bonds is 5. The summed E-state index contributed by atoms with van der Waals surface area (Å²) in [5.74, 6) is 0. The fourth-order valence-corrected chi connectivity index (χ4v) is 10.5. The second-order valence-electron chi connectivity index (χ2n) is 14.4. The van der Waals surface area contributed by atoms with Gasteiger partial charge in [0.2, 0.25) is 0 Å². The maximum absolute atomic E-state index is 4.66. The van der Waals surface area contributed by atoms with E-state index in [1.54, 1.807) is 4.80 Å². The van der Waals surface area contributed by atoms with Crippen LogP contribution in [-0.2, 0) is 0 Å². The van der Waals surface area contributed by atoms with Gasteiger partial charge in [0.25, 0.3) is 0 Å². The molecule has 0 unspecified atom stereocenters. The van der Waals surface area contributed by atoms with Crippen molar-refractivity contribution in [3.05, 3.63) is 182 Å². The first-order valence-corrected chi connectivity index (χ1v) is 20.4. The van der Waals surface area contributed by atoms with Crippen molar-refractivity contribution in [1.82, 2.24) is 15.0 Å². The molecule has 56 heavy (non-hydrogen) atoms. The van der Waals surface area contributed by atoms with Crippen molar-refractivity contribution < 1.29 is 0 Å². The average Bonchev–Trinajstić information content (AvgIpc) is 3.95. The van der Waals surface area contributed by atoms with E-state index in [-0.39, 0.29) is 0 Å². The van der Waals surface area contributed by atoms with E-state index < -0.39 is 0 Å². The zero-order chi connectivity index (χ0) is 36.7. The molecular weight excluding hydrogens is 721 g/mol. The number of fused-ring (bicyclic) bond motifs is 9. The lowest BCUT2D eigenvalue weighted by molar-refractivity contribution is 0.766. The Hall–Kier alpha value is -6.86. The minimum absolute atomic E-state index is 0.886. The number of thiophene rings is 2. The number of anilines is 3. The molecule has 0 N–H and O–H groups in total. The van der Waals surface area contributed by atoms with Crippen LogP contribution in [0, 0.1) is 0 Å². The minimum Gasteiger partial charge on any atom is -0.310 e. The fourth-order valence-electron chi connectivity index (χ4n) is 8.19. The molecule has 0 radical (unpaired) electrons. The Labute approximate surface area is 329 Å². The molecule has 9 aromatic carbocycles. The Morgan fingerprint density at radius 1 is 0.357 bits per heavy atom. The van der Waals surface area contributed by atoms with Crippen molar-refractivity contribution in [2.24, 2.45) is 0 Å². The quantitative estimate of drug-likeness (QED) is 0.176. The average molecular weight is 751 g/mol. The van der Waals surface area contributed by atoms with Crippen molar-refractivity contribution in [2.75, 3.05) is 4.90 Å². The van der Waals surface area contributed by atoms with Gasteiger partial charge < -0.3 is 4.90 Å². The highest BCUT2D eigenvalue weighted by Gasteiger charge is 2.18. The third kappa shape index (κ3) is 5.11. The van der Waals surface area contributed by atoms with Crippen molar-refractivity contribution >= 4 is 113 Å². The Balaban J connectivity index is 0.964. The third-order valence-corrected chi connectivity index (χ3v) is 13.2. The van der Waals surface area contributed by atoms with E-state index in [0.717, 1.165) is 44.9 Å². The number of aromatic nitrogens is 3. The van der Waals surface area contributed by atoms with Crippen LogP contribution in [0.1, 0.15) is 0 Å². The van der Waals surface area contributed by atoms with Crippen molar-refractivity contribution in [3.63, 3.8) is 0 Å². The summed E-state index contributed by atoms with van der Waals surface area (Å²) in [6.45, 7) is 0. The predicted octanol–water partition coefficient (Wildman–Crippen LogP) is 14.6. The summed E-state index contributed by atoms with van der Waals surface area (Å²) in [7, 11) is 0. The highest BCUT2D eigenvalue weighted by molar-refractivity contribution is 7.26. The molecule has 0 bridgehead atoms. The zero-order valence-electron chi connectivity index (χ0n) is 29.9. The summed E-state index contributed by atoms with van der Waals surface area (Å²) < 4.78 is 5.19. The number of hydrogen-bond acceptors (Lipinski definition) is 5. The summed E-state index contributed by atoms with van der Waals surface area (Å²) in [5.41, 5.74) is 8.37. The highest BCUT2D eigenvalue weighted by atomic mass is 32.1. The van der Waals surface area contributed by atoms with Gasteiger partial charge in [0.05, 0.1) is 5.69 Å². The van der Waals surface area contributed by atoms with E-state index in [1.807, 2.05) is 46.9 Å². The van der Waals surface area contributed by atoms with E-state index in [1.165, 1.54) is 61.9 Å². The Kier molecular flexibility index (Phi) is 6.93. The maximum atomic E-state index is 4.66. The molecule has 262 valence electrons. The predicted molar refractivity (Wildman–Crippen MR) is 240 cm³/mol. The summed E-state index contributed by atoms with van der Waals surface area (Å²) in [4.78, 5) is 4.11. The van der Waals surface area contributed by atoms with Crippen LogP contribution in [0.15, 0.2) is 182 Å². The number of benzene rings is 9. The van der Waals surface area contributed by atoms with E-state index in [9.17, 15) is 0 Å².